The Labute approximate surface area is 187 Å². The van der Waals surface area contributed by atoms with Crippen LogP contribution in [0.3, 0.4) is 0 Å². The molecule has 1 aromatic heterocycles. The van der Waals surface area contributed by atoms with Crippen LogP contribution in [-0.2, 0) is 0 Å². The molecule has 2 saturated carbocycles. The minimum Gasteiger partial charge on any atom is -0.224 e. The van der Waals surface area contributed by atoms with Crippen LogP contribution < -0.4 is 4.57 Å². The fraction of sp³-hybridized carbons (Fsp3) is 0.483. The lowest BCUT2D eigenvalue weighted by atomic mass is 9.99. The number of aromatic nitrogens is 2. The molecule has 2 aromatic carbocycles. The minimum atomic E-state index is 0.633. The number of rotatable bonds is 4. The van der Waals surface area contributed by atoms with Crippen LogP contribution in [-0.4, -0.2) is 4.57 Å². The van der Waals surface area contributed by atoms with Crippen molar-refractivity contribution in [2.45, 2.75) is 91.0 Å². The summed E-state index contributed by atoms with van der Waals surface area (Å²) in [5.41, 5.74) is 9.99. The summed E-state index contributed by atoms with van der Waals surface area (Å²) in [7, 11) is 0. The number of nitrogens with zero attached hydrogens (tertiary/aromatic N) is 2. The van der Waals surface area contributed by atoms with Crippen LogP contribution in [0, 0.1) is 27.7 Å². The predicted octanol–water partition coefficient (Wildman–Crippen LogP) is 7.44. The molecule has 2 aliphatic rings. The van der Waals surface area contributed by atoms with E-state index in [0.29, 0.717) is 12.0 Å². The third kappa shape index (κ3) is 3.45. The van der Waals surface area contributed by atoms with Gasteiger partial charge in [-0.3, -0.25) is 0 Å². The number of para-hydroxylation sites is 1. The molecule has 0 N–H and O–H groups in total. The first kappa shape index (κ1) is 20.5. The number of benzene rings is 2. The van der Waals surface area contributed by atoms with Crippen molar-refractivity contribution in [2.24, 2.45) is 0 Å². The van der Waals surface area contributed by atoms with E-state index in [-0.39, 0.29) is 0 Å². The number of imidazole rings is 1. The second-order valence-electron chi connectivity index (χ2n) is 9.97. The lowest BCUT2D eigenvalue weighted by Gasteiger charge is -2.17. The van der Waals surface area contributed by atoms with Crippen molar-refractivity contribution in [3.05, 3.63) is 70.5 Å². The second kappa shape index (κ2) is 8.30. The zero-order valence-electron chi connectivity index (χ0n) is 19.7. The molecule has 2 aliphatic carbocycles. The third-order valence-corrected chi connectivity index (χ3v) is 7.90. The fourth-order valence-corrected chi connectivity index (χ4v) is 6.40. The average molecular weight is 414 g/mol. The number of hydrogen-bond donors (Lipinski definition) is 0. The Morgan fingerprint density at radius 3 is 1.94 bits per heavy atom. The Morgan fingerprint density at radius 2 is 1.29 bits per heavy atom. The standard InChI is InChI=1S/C29H37N2/c1-20-12-5-10-19-26(20)30-23(4)28(24-15-6-7-16-24)31(25-17-8-9-18-25)29(30)27-21(2)13-11-14-22(27)3/h5,10-14,19,24-25H,6-9,15-18H2,1-4H3/q+1. The summed E-state index contributed by atoms with van der Waals surface area (Å²) in [6.07, 6.45) is 10.8. The average Bonchev–Trinajstić information content (AvgIpc) is 3.49. The van der Waals surface area contributed by atoms with Gasteiger partial charge in [0.25, 0.3) is 5.82 Å². The highest BCUT2D eigenvalue weighted by Crippen LogP contribution is 2.41. The van der Waals surface area contributed by atoms with Crippen LogP contribution in [0.4, 0.5) is 0 Å². The summed E-state index contributed by atoms with van der Waals surface area (Å²) in [5.74, 6) is 2.13. The van der Waals surface area contributed by atoms with Crippen molar-refractivity contribution < 1.29 is 4.57 Å². The van der Waals surface area contributed by atoms with Crippen LogP contribution in [0.15, 0.2) is 42.5 Å². The topological polar surface area (TPSA) is 8.81 Å². The van der Waals surface area contributed by atoms with Crippen molar-refractivity contribution in [1.82, 2.24) is 4.57 Å². The minimum absolute atomic E-state index is 0.633. The molecule has 0 amide bonds. The zero-order valence-corrected chi connectivity index (χ0v) is 19.7. The lowest BCUT2D eigenvalue weighted by molar-refractivity contribution is -0.718. The molecule has 1 heterocycles. The van der Waals surface area contributed by atoms with Crippen molar-refractivity contribution in [3.63, 3.8) is 0 Å². The summed E-state index contributed by atoms with van der Waals surface area (Å²) in [5, 5.41) is 0. The van der Waals surface area contributed by atoms with Crippen molar-refractivity contribution in [1.29, 1.82) is 0 Å². The van der Waals surface area contributed by atoms with E-state index < -0.39 is 0 Å². The van der Waals surface area contributed by atoms with E-state index in [4.69, 9.17) is 0 Å². The van der Waals surface area contributed by atoms with Crippen molar-refractivity contribution >= 4 is 0 Å². The Morgan fingerprint density at radius 1 is 0.710 bits per heavy atom. The molecule has 162 valence electrons. The lowest BCUT2D eigenvalue weighted by Crippen LogP contribution is -2.44. The first-order valence-corrected chi connectivity index (χ1v) is 12.4. The maximum Gasteiger partial charge on any atom is 0.295 e. The van der Waals surface area contributed by atoms with Gasteiger partial charge in [-0.1, -0.05) is 49.2 Å². The molecule has 0 unspecified atom stereocenters. The molecule has 0 bridgehead atoms. The van der Waals surface area contributed by atoms with Gasteiger partial charge >= 0.3 is 0 Å². The van der Waals surface area contributed by atoms with Gasteiger partial charge in [-0.25, -0.2) is 4.57 Å². The van der Waals surface area contributed by atoms with Gasteiger partial charge in [0, 0.05) is 12.8 Å². The molecule has 2 nitrogen and oxygen atoms in total. The Bertz CT molecular complexity index is 1070. The summed E-state index contributed by atoms with van der Waals surface area (Å²) in [4.78, 5) is 0. The third-order valence-electron chi connectivity index (χ3n) is 7.90. The quantitative estimate of drug-likeness (QED) is 0.393. The van der Waals surface area contributed by atoms with Crippen LogP contribution in [0.2, 0.25) is 0 Å². The van der Waals surface area contributed by atoms with Crippen LogP contribution in [0.5, 0.6) is 0 Å². The first-order chi connectivity index (χ1) is 15.1. The van der Waals surface area contributed by atoms with Gasteiger partial charge in [0.2, 0.25) is 0 Å². The summed E-state index contributed by atoms with van der Waals surface area (Å²) in [6, 6.07) is 16.4. The van der Waals surface area contributed by atoms with Crippen LogP contribution >= 0.6 is 0 Å². The first-order valence-electron chi connectivity index (χ1n) is 12.4. The predicted molar refractivity (Wildman–Crippen MR) is 129 cm³/mol. The van der Waals surface area contributed by atoms with E-state index in [0.717, 1.165) is 0 Å². The van der Waals surface area contributed by atoms with E-state index in [9.17, 15) is 0 Å². The fourth-order valence-electron chi connectivity index (χ4n) is 6.40. The molecule has 0 aliphatic heterocycles. The van der Waals surface area contributed by atoms with Gasteiger partial charge in [-0.2, -0.15) is 4.57 Å². The van der Waals surface area contributed by atoms with Gasteiger partial charge in [0.1, 0.15) is 23.1 Å². The molecule has 2 fully saturated rings. The summed E-state index contributed by atoms with van der Waals surface area (Å²) in [6.45, 7) is 9.24. The Kier molecular flexibility index (Phi) is 5.50. The normalized spacial score (nSPS) is 17.7. The van der Waals surface area contributed by atoms with Gasteiger partial charge in [0.15, 0.2) is 0 Å². The van der Waals surface area contributed by atoms with Crippen molar-refractivity contribution in [2.75, 3.05) is 0 Å². The zero-order chi connectivity index (χ0) is 21.5. The van der Waals surface area contributed by atoms with Crippen LogP contribution in [0.1, 0.15) is 91.4 Å². The van der Waals surface area contributed by atoms with E-state index in [1.807, 2.05) is 0 Å². The van der Waals surface area contributed by atoms with Gasteiger partial charge in [0.05, 0.1) is 5.56 Å². The van der Waals surface area contributed by atoms with Gasteiger partial charge in [-0.15, -0.1) is 0 Å². The molecule has 31 heavy (non-hydrogen) atoms. The van der Waals surface area contributed by atoms with E-state index >= 15 is 0 Å². The molecule has 0 spiro atoms. The van der Waals surface area contributed by atoms with Crippen LogP contribution in [0.25, 0.3) is 17.1 Å². The van der Waals surface area contributed by atoms with E-state index in [1.165, 1.54) is 90.8 Å². The SMILES string of the molecule is Cc1ccccc1-n1c(C)c(C2CCCC2)[n+](C2CCCC2)c1-c1c(C)cccc1C. The smallest absolute Gasteiger partial charge is 0.224 e. The number of hydrogen-bond acceptors (Lipinski definition) is 0. The molecule has 0 saturated heterocycles. The Hall–Kier alpha value is -2.35. The second-order valence-corrected chi connectivity index (χ2v) is 9.97. The van der Waals surface area contributed by atoms with E-state index in [1.54, 1.807) is 5.69 Å². The summed E-state index contributed by atoms with van der Waals surface area (Å²) >= 11 is 0. The molecular formula is C29H37N2+. The Balaban J connectivity index is 1.90. The molecule has 5 rings (SSSR count). The monoisotopic (exact) mass is 413 g/mol. The molecule has 0 radical (unpaired) electrons. The largest absolute Gasteiger partial charge is 0.295 e. The molecule has 3 aromatic rings. The maximum atomic E-state index is 2.83. The highest BCUT2D eigenvalue weighted by Gasteiger charge is 2.40. The molecule has 0 atom stereocenters. The van der Waals surface area contributed by atoms with Gasteiger partial charge < -0.3 is 0 Å². The maximum absolute atomic E-state index is 2.83. The van der Waals surface area contributed by atoms with Crippen molar-refractivity contribution in [3.8, 4) is 17.1 Å². The summed E-state index contributed by atoms with van der Waals surface area (Å²) < 4.78 is 5.46. The highest BCUT2D eigenvalue weighted by molar-refractivity contribution is 5.66. The molecule has 2 heteroatoms. The van der Waals surface area contributed by atoms with Gasteiger partial charge in [-0.05, 0) is 82.1 Å². The van der Waals surface area contributed by atoms with E-state index in [2.05, 4.69) is 79.3 Å². The molecular weight excluding hydrogens is 376 g/mol. The highest BCUT2D eigenvalue weighted by atomic mass is 15.2. The number of aryl methyl sites for hydroxylation is 3.